The van der Waals surface area contributed by atoms with Crippen molar-refractivity contribution in [2.24, 2.45) is 0 Å². The number of halogens is 1. The van der Waals surface area contributed by atoms with Crippen LogP contribution >= 0.6 is 11.6 Å². The summed E-state index contributed by atoms with van der Waals surface area (Å²) < 4.78 is 6.63. The first kappa shape index (κ1) is 13.8. The van der Waals surface area contributed by atoms with E-state index in [0.29, 0.717) is 18.7 Å². The zero-order chi connectivity index (χ0) is 13.8. The molecular weight excluding hydrogens is 266 g/mol. The van der Waals surface area contributed by atoms with E-state index >= 15 is 0 Å². The lowest BCUT2D eigenvalue weighted by molar-refractivity contribution is 0.0783. The number of hydrogen-bond donors (Lipinski definition) is 0. The number of carbonyl (C=O) groups excluding carboxylic acids is 1. The zero-order valence-corrected chi connectivity index (χ0v) is 11.7. The highest BCUT2D eigenvalue weighted by atomic mass is 35.5. The Kier molecular flexibility index (Phi) is 4.39. The average Bonchev–Trinajstić information content (AvgIpc) is 2.81. The summed E-state index contributed by atoms with van der Waals surface area (Å²) >= 11 is 6.06. The van der Waals surface area contributed by atoms with Crippen molar-refractivity contribution in [3.8, 4) is 0 Å². The van der Waals surface area contributed by atoms with Gasteiger partial charge in [-0.1, -0.05) is 6.07 Å². The van der Waals surface area contributed by atoms with Gasteiger partial charge in [-0.25, -0.2) is 4.52 Å². The van der Waals surface area contributed by atoms with Crippen LogP contribution in [0.4, 0.5) is 0 Å². The van der Waals surface area contributed by atoms with E-state index in [2.05, 4.69) is 5.10 Å². The molecule has 0 spiro atoms. The summed E-state index contributed by atoms with van der Waals surface area (Å²) in [6, 6.07) is 5.61. The van der Waals surface area contributed by atoms with Crippen molar-refractivity contribution in [3.05, 3.63) is 36.2 Å². The van der Waals surface area contributed by atoms with Crippen LogP contribution < -0.4 is 0 Å². The Morgan fingerprint density at radius 2 is 2.37 bits per heavy atom. The van der Waals surface area contributed by atoms with E-state index in [1.54, 1.807) is 36.0 Å². The van der Waals surface area contributed by atoms with Crippen molar-refractivity contribution in [1.29, 1.82) is 0 Å². The largest absolute Gasteiger partial charge is 0.383 e. The molecule has 0 bridgehead atoms. The minimum atomic E-state index is -0.221. The molecule has 1 amide bonds. The number of pyridine rings is 1. The molecule has 1 unspecified atom stereocenters. The molecule has 5 nitrogen and oxygen atoms in total. The average molecular weight is 282 g/mol. The number of nitrogens with zero attached hydrogens (tertiary/aromatic N) is 3. The number of fused-ring (bicyclic) bond motifs is 1. The molecule has 102 valence electrons. The number of hydrogen-bond acceptors (Lipinski definition) is 3. The molecule has 2 heterocycles. The summed E-state index contributed by atoms with van der Waals surface area (Å²) in [7, 11) is 3.31. The maximum atomic E-state index is 12.3. The molecule has 0 fully saturated rings. The van der Waals surface area contributed by atoms with Crippen LogP contribution in [0, 0.1) is 0 Å². The second-order valence-corrected chi connectivity index (χ2v) is 4.94. The van der Waals surface area contributed by atoms with Crippen molar-refractivity contribution in [2.75, 3.05) is 27.3 Å². The predicted octanol–water partition coefficient (Wildman–Crippen LogP) is 1.66. The SMILES string of the molecule is COCC(Cl)CN(C)C(=O)c1cnn2ccccc12. The Hall–Kier alpha value is -1.59. The summed E-state index contributed by atoms with van der Waals surface area (Å²) in [5, 5.41) is 3.93. The fraction of sp³-hybridized carbons (Fsp3) is 0.385. The van der Waals surface area contributed by atoms with Crippen molar-refractivity contribution < 1.29 is 9.53 Å². The number of carbonyl (C=O) groups is 1. The lowest BCUT2D eigenvalue weighted by atomic mass is 10.2. The second-order valence-electron chi connectivity index (χ2n) is 4.33. The van der Waals surface area contributed by atoms with Gasteiger partial charge in [0.05, 0.1) is 29.3 Å². The van der Waals surface area contributed by atoms with Crippen LogP contribution in [0.1, 0.15) is 10.4 Å². The standard InChI is InChI=1S/C13H16ClN3O2/c1-16(8-10(14)9-19-2)13(18)11-7-15-17-6-4-3-5-12(11)17/h3-7,10H,8-9H2,1-2H3. The van der Waals surface area contributed by atoms with E-state index < -0.39 is 0 Å². The molecule has 0 aliphatic carbocycles. The lowest BCUT2D eigenvalue weighted by Crippen LogP contribution is -2.33. The van der Waals surface area contributed by atoms with Crippen molar-refractivity contribution in [2.45, 2.75) is 5.38 Å². The summed E-state index contributed by atoms with van der Waals surface area (Å²) in [4.78, 5) is 13.9. The van der Waals surface area contributed by atoms with E-state index in [1.165, 1.54) is 0 Å². The number of aromatic nitrogens is 2. The van der Waals surface area contributed by atoms with Gasteiger partial charge in [-0.15, -0.1) is 11.6 Å². The van der Waals surface area contributed by atoms with Crippen LogP contribution in [-0.4, -0.2) is 53.1 Å². The zero-order valence-electron chi connectivity index (χ0n) is 10.9. The molecule has 0 radical (unpaired) electrons. The van der Waals surface area contributed by atoms with Gasteiger partial charge in [0.1, 0.15) is 0 Å². The van der Waals surface area contributed by atoms with Crippen LogP contribution in [0.15, 0.2) is 30.6 Å². The van der Waals surface area contributed by atoms with Gasteiger partial charge >= 0.3 is 0 Å². The highest BCUT2D eigenvalue weighted by Crippen LogP contribution is 2.13. The summed E-state index contributed by atoms with van der Waals surface area (Å²) in [6.07, 6.45) is 3.38. The summed E-state index contributed by atoms with van der Waals surface area (Å²) in [6.45, 7) is 0.840. The molecule has 1 atom stereocenters. The van der Waals surface area contributed by atoms with Gasteiger partial charge in [-0.2, -0.15) is 5.10 Å². The summed E-state index contributed by atoms with van der Waals surface area (Å²) in [5.41, 5.74) is 1.36. The molecule has 2 aromatic heterocycles. The minimum absolute atomic E-state index is 0.0945. The Balaban J connectivity index is 2.15. The molecular formula is C13H16ClN3O2. The van der Waals surface area contributed by atoms with E-state index in [-0.39, 0.29) is 11.3 Å². The van der Waals surface area contributed by atoms with E-state index in [9.17, 15) is 4.79 Å². The molecule has 19 heavy (non-hydrogen) atoms. The fourth-order valence-corrected chi connectivity index (χ4v) is 2.25. The molecule has 0 saturated heterocycles. The van der Waals surface area contributed by atoms with Gasteiger partial charge in [0.2, 0.25) is 0 Å². The molecule has 0 aliphatic rings. The molecule has 0 saturated carbocycles. The molecule has 6 heteroatoms. The number of amides is 1. The Morgan fingerprint density at radius 1 is 1.58 bits per heavy atom. The minimum Gasteiger partial charge on any atom is -0.383 e. The molecule has 0 N–H and O–H groups in total. The third-order valence-electron chi connectivity index (χ3n) is 2.82. The first-order valence-electron chi connectivity index (χ1n) is 5.94. The van der Waals surface area contributed by atoms with Crippen molar-refractivity contribution >= 4 is 23.0 Å². The highest BCUT2D eigenvalue weighted by Gasteiger charge is 2.18. The van der Waals surface area contributed by atoms with Gasteiger partial charge in [0.15, 0.2) is 0 Å². The van der Waals surface area contributed by atoms with Gasteiger partial charge in [0, 0.05) is 26.9 Å². The predicted molar refractivity (Wildman–Crippen MR) is 73.7 cm³/mol. The summed E-state index contributed by atoms with van der Waals surface area (Å²) in [5.74, 6) is -0.0945. The van der Waals surface area contributed by atoms with Crippen LogP contribution in [0.3, 0.4) is 0 Å². The quantitative estimate of drug-likeness (QED) is 0.783. The van der Waals surface area contributed by atoms with Crippen LogP contribution in [0.5, 0.6) is 0 Å². The lowest BCUT2D eigenvalue weighted by Gasteiger charge is -2.19. The first-order chi connectivity index (χ1) is 9.13. The smallest absolute Gasteiger partial charge is 0.257 e. The first-order valence-corrected chi connectivity index (χ1v) is 6.38. The molecule has 0 aliphatic heterocycles. The molecule has 2 aromatic rings. The Bertz CT molecular complexity index is 570. The van der Waals surface area contributed by atoms with Crippen LogP contribution in [-0.2, 0) is 4.74 Å². The molecule has 0 aromatic carbocycles. The van der Waals surface area contributed by atoms with Crippen LogP contribution in [0.2, 0.25) is 0 Å². The van der Waals surface area contributed by atoms with E-state index in [4.69, 9.17) is 16.3 Å². The van der Waals surface area contributed by atoms with Crippen molar-refractivity contribution in [3.63, 3.8) is 0 Å². The van der Waals surface area contributed by atoms with Gasteiger partial charge in [-0.3, -0.25) is 4.79 Å². The van der Waals surface area contributed by atoms with Gasteiger partial charge < -0.3 is 9.64 Å². The third kappa shape index (κ3) is 3.05. The Morgan fingerprint density at radius 3 is 3.11 bits per heavy atom. The number of rotatable bonds is 5. The topological polar surface area (TPSA) is 46.8 Å². The maximum Gasteiger partial charge on any atom is 0.257 e. The monoisotopic (exact) mass is 281 g/mol. The fourth-order valence-electron chi connectivity index (χ4n) is 1.92. The highest BCUT2D eigenvalue weighted by molar-refractivity contribution is 6.21. The molecule has 2 rings (SSSR count). The Labute approximate surface area is 116 Å². The van der Waals surface area contributed by atoms with Gasteiger partial charge in [0.25, 0.3) is 5.91 Å². The number of methoxy groups -OCH3 is 1. The van der Waals surface area contributed by atoms with Gasteiger partial charge in [-0.05, 0) is 12.1 Å². The number of ether oxygens (including phenoxy) is 1. The number of alkyl halides is 1. The van der Waals surface area contributed by atoms with Crippen LogP contribution in [0.25, 0.3) is 5.52 Å². The normalized spacial score (nSPS) is 12.6. The van der Waals surface area contributed by atoms with E-state index in [0.717, 1.165) is 5.52 Å². The maximum absolute atomic E-state index is 12.3. The van der Waals surface area contributed by atoms with Crippen molar-refractivity contribution in [1.82, 2.24) is 14.5 Å². The second kappa shape index (κ2) is 6.04. The third-order valence-corrected chi connectivity index (χ3v) is 3.09. The van der Waals surface area contributed by atoms with E-state index in [1.807, 2.05) is 18.2 Å².